The van der Waals surface area contributed by atoms with Crippen molar-refractivity contribution in [1.82, 2.24) is 0 Å². The highest BCUT2D eigenvalue weighted by atomic mass is 16.4. The van der Waals surface area contributed by atoms with E-state index in [1.165, 1.54) is 0 Å². The van der Waals surface area contributed by atoms with E-state index >= 15 is 0 Å². The molecule has 62 valence electrons. The van der Waals surface area contributed by atoms with Crippen molar-refractivity contribution in [2.24, 2.45) is 11.8 Å². The van der Waals surface area contributed by atoms with Crippen molar-refractivity contribution in [3.05, 3.63) is 0 Å². The predicted octanol–water partition coefficient (Wildman–Crippen LogP) is 0.960. The predicted molar refractivity (Wildman–Crippen MR) is 48.3 cm³/mol. The third-order valence-corrected chi connectivity index (χ3v) is 2.90. The number of carboxylic acid groups (broad SMARTS) is 1. The van der Waals surface area contributed by atoms with Crippen molar-refractivity contribution in [1.29, 1.82) is 0 Å². The van der Waals surface area contributed by atoms with E-state index in [1.807, 2.05) is 6.92 Å². The highest BCUT2D eigenvalue weighted by molar-refractivity contribution is 6.41. The van der Waals surface area contributed by atoms with Crippen LogP contribution >= 0.6 is 0 Å². The van der Waals surface area contributed by atoms with Crippen molar-refractivity contribution in [3.8, 4) is 0 Å². The summed E-state index contributed by atoms with van der Waals surface area (Å²) in [6.45, 7) is 2.02. The normalized spacial score (nSPS) is 32.4. The molecule has 0 aromatic carbocycles. The van der Waals surface area contributed by atoms with Gasteiger partial charge < -0.3 is 5.11 Å². The van der Waals surface area contributed by atoms with Crippen LogP contribution in [0.15, 0.2) is 0 Å². The molecule has 2 nitrogen and oxygen atoms in total. The second-order valence-corrected chi connectivity index (χ2v) is 3.64. The van der Waals surface area contributed by atoms with Crippen molar-refractivity contribution >= 4 is 21.7 Å². The Hall–Kier alpha value is -0.400. The maximum absolute atomic E-state index is 10.4. The van der Waals surface area contributed by atoms with E-state index in [9.17, 15) is 4.79 Å². The molecule has 2 atom stereocenters. The van der Waals surface area contributed by atoms with E-state index in [0.29, 0.717) is 5.92 Å². The Labute approximate surface area is 75.5 Å². The number of rotatable bonds is 3. The second kappa shape index (κ2) is 3.15. The van der Waals surface area contributed by atoms with Crippen LogP contribution in [0.1, 0.15) is 26.2 Å². The fraction of sp³-hybridized carbons (Fsp3) is 0.875. The molecular formula is C8H12B2O2. The van der Waals surface area contributed by atoms with Gasteiger partial charge in [-0.25, -0.2) is 0 Å². The van der Waals surface area contributed by atoms with Crippen LogP contribution in [-0.4, -0.2) is 26.8 Å². The van der Waals surface area contributed by atoms with Gasteiger partial charge in [0.25, 0.3) is 0 Å². The molecule has 4 heteroatoms. The van der Waals surface area contributed by atoms with Gasteiger partial charge in [0.2, 0.25) is 0 Å². The van der Waals surface area contributed by atoms with E-state index in [0.717, 1.165) is 12.8 Å². The van der Waals surface area contributed by atoms with E-state index in [2.05, 4.69) is 0 Å². The second-order valence-electron chi connectivity index (χ2n) is 3.64. The minimum atomic E-state index is -0.810. The summed E-state index contributed by atoms with van der Waals surface area (Å²) in [6, 6.07) is 0. The Balaban J connectivity index is 2.47. The molecule has 4 radical (unpaired) electrons. The SMILES string of the molecule is [B]C1([B])C(CC)CC1CC(=O)O. The molecule has 1 rings (SSSR count). The van der Waals surface area contributed by atoms with Gasteiger partial charge in [0.1, 0.15) is 0 Å². The lowest BCUT2D eigenvalue weighted by Crippen LogP contribution is -2.44. The van der Waals surface area contributed by atoms with Gasteiger partial charge in [0, 0.05) is 6.42 Å². The summed E-state index contributed by atoms with van der Waals surface area (Å²) >= 11 is 0. The van der Waals surface area contributed by atoms with E-state index in [4.69, 9.17) is 20.8 Å². The Bertz CT molecular complexity index is 191. The molecule has 0 heterocycles. The lowest BCUT2D eigenvalue weighted by Gasteiger charge is -2.53. The van der Waals surface area contributed by atoms with Crippen LogP contribution in [0.3, 0.4) is 0 Å². The molecule has 0 saturated heterocycles. The smallest absolute Gasteiger partial charge is 0.303 e. The summed E-state index contributed by atoms with van der Waals surface area (Å²) in [6.07, 6.45) is 1.89. The van der Waals surface area contributed by atoms with Gasteiger partial charge in [0.15, 0.2) is 0 Å². The van der Waals surface area contributed by atoms with Crippen molar-refractivity contribution in [2.75, 3.05) is 0 Å². The lowest BCUT2D eigenvalue weighted by atomic mass is 9.33. The third-order valence-electron chi connectivity index (χ3n) is 2.90. The summed E-state index contributed by atoms with van der Waals surface area (Å²) in [5, 5.41) is 7.79. The number of carboxylic acids is 1. The first-order chi connectivity index (χ1) is 5.48. The Morgan fingerprint density at radius 3 is 2.50 bits per heavy atom. The average Bonchev–Trinajstić information content (AvgIpc) is 1.96. The number of hydrogen-bond donors (Lipinski definition) is 1. The highest BCUT2D eigenvalue weighted by Crippen LogP contribution is 2.55. The molecule has 1 fully saturated rings. The molecule has 0 aromatic heterocycles. The van der Waals surface area contributed by atoms with Gasteiger partial charge in [-0.3, -0.25) is 4.79 Å². The highest BCUT2D eigenvalue weighted by Gasteiger charge is 2.45. The zero-order chi connectivity index (χ0) is 9.35. The molecule has 2 unspecified atom stereocenters. The topological polar surface area (TPSA) is 37.3 Å². The zero-order valence-corrected chi connectivity index (χ0v) is 7.29. The molecule has 1 N–H and O–H groups in total. The fourth-order valence-electron chi connectivity index (χ4n) is 1.92. The maximum atomic E-state index is 10.4. The summed E-state index contributed by atoms with van der Waals surface area (Å²) in [7, 11) is 11.6. The Kier molecular flexibility index (Phi) is 2.55. The zero-order valence-electron chi connectivity index (χ0n) is 7.29. The van der Waals surface area contributed by atoms with Gasteiger partial charge >= 0.3 is 5.97 Å². The molecule has 0 aromatic rings. The minimum absolute atomic E-state index is 0.0417. The third kappa shape index (κ3) is 1.52. The first-order valence-electron chi connectivity index (χ1n) is 4.28. The minimum Gasteiger partial charge on any atom is -0.481 e. The lowest BCUT2D eigenvalue weighted by molar-refractivity contribution is -0.139. The Morgan fingerprint density at radius 1 is 1.58 bits per heavy atom. The molecule has 0 amide bonds. The van der Waals surface area contributed by atoms with Crippen LogP contribution in [0.5, 0.6) is 0 Å². The summed E-state index contributed by atoms with van der Waals surface area (Å²) in [4.78, 5) is 10.4. The van der Waals surface area contributed by atoms with E-state index in [-0.39, 0.29) is 12.3 Å². The van der Waals surface area contributed by atoms with Crippen LogP contribution < -0.4 is 0 Å². The average molecular weight is 162 g/mol. The summed E-state index contributed by atoms with van der Waals surface area (Å²) in [5.41, 5.74) is 0. The molecule has 12 heavy (non-hydrogen) atoms. The quantitative estimate of drug-likeness (QED) is 0.627. The molecule has 0 spiro atoms. The number of hydrogen-bond acceptors (Lipinski definition) is 1. The molecule has 0 aliphatic heterocycles. The van der Waals surface area contributed by atoms with Crippen molar-refractivity contribution in [2.45, 2.75) is 31.4 Å². The van der Waals surface area contributed by atoms with Crippen LogP contribution in [0.2, 0.25) is 5.21 Å². The standard InChI is InChI=1S/C8H12B2O2/c1-2-5-3-6(4-7(11)12)8(5,9)10/h5-6H,2-4H2,1H3,(H,11,12). The first-order valence-corrected chi connectivity index (χ1v) is 4.28. The molecule has 1 aliphatic rings. The van der Waals surface area contributed by atoms with Crippen molar-refractivity contribution < 1.29 is 9.90 Å². The molecule has 1 saturated carbocycles. The van der Waals surface area contributed by atoms with Gasteiger partial charge in [-0.05, 0) is 12.3 Å². The van der Waals surface area contributed by atoms with Crippen LogP contribution in [0.4, 0.5) is 0 Å². The first kappa shape index (κ1) is 9.69. The van der Waals surface area contributed by atoms with Crippen LogP contribution in [0.25, 0.3) is 0 Å². The number of carbonyl (C=O) groups is 1. The number of aliphatic carboxylic acids is 1. The van der Waals surface area contributed by atoms with Gasteiger partial charge in [0.05, 0.1) is 15.7 Å². The van der Waals surface area contributed by atoms with Crippen LogP contribution in [-0.2, 0) is 4.79 Å². The Morgan fingerprint density at radius 2 is 2.17 bits per heavy atom. The van der Waals surface area contributed by atoms with Gasteiger partial charge in [-0.1, -0.05) is 24.5 Å². The van der Waals surface area contributed by atoms with Crippen LogP contribution in [0, 0.1) is 11.8 Å². The summed E-state index contributed by atoms with van der Waals surface area (Å²) < 4.78 is 0. The largest absolute Gasteiger partial charge is 0.481 e. The molecule has 0 bridgehead atoms. The fourth-order valence-corrected chi connectivity index (χ4v) is 1.92. The van der Waals surface area contributed by atoms with E-state index in [1.54, 1.807) is 0 Å². The molecule has 1 aliphatic carbocycles. The molecular weight excluding hydrogens is 150 g/mol. The van der Waals surface area contributed by atoms with Gasteiger partial charge in [-0.15, -0.1) is 0 Å². The summed E-state index contributed by atoms with van der Waals surface area (Å²) in [5.74, 6) is -0.559. The van der Waals surface area contributed by atoms with Crippen molar-refractivity contribution in [3.63, 3.8) is 0 Å². The van der Waals surface area contributed by atoms with E-state index < -0.39 is 11.2 Å². The maximum Gasteiger partial charge on any atom is 0.303 e. The van der Waals surface area contributed by atoms with Gasteiger partial charge in [-0.2, -0.15) is 0 Å². The monoisotopic (exact) mass is 162 g/mol.